The van der Waals surface area contributed by atoms with Crippen molar-refractivity contribution < 1.29 is 13.5 Å². The average Bonchev–Trinajstić information content (AvgIpc) is 2.88. The zero-order valence-electron chi connectivity index (χ0n) is 11.5. The van der Waals surface area contributed by atoms with Crippen LogP contribution >= 0.6 is 0 Å². The highest BCUT2D eigenvalue weighted by Gasteiger charge is 2.35. The summed E-state index contributed by atoms with van der Waals surface area (Å²) < 4.78 is 33.1. The highest BCUT2D eigenvalue weighted by molar-refractivity contribution is 5.24. The van der Waals surface area contributed by atoms with Crippen LogP contribution in [0.2, 0.25) is 0 Å². The number of rotatable bonds is 5. The van der Waals surface area contributed by atoms with Crippen LogP contribution in [0.1, 0.15) is 38.3 Å². The van der Waals surface area contributed by atoms with Crippen molar-refractivity contribution in [1.82, 2.24) is 5.32 Å². The number of nitrogens with one attached hydrogen (secondary N) is 1. The van der Waals surface area contributed by atoms with Gasteiger partial charge in [0.05, 0.1) is 6.10 Å². The Bertz CT molecular complexity index is 425. The largest absolute Gasteiger partial charge is 0.378 e. The van der Waals surface area contributed by atoms with Crippen LogP contribution in [0.15, 0.2) is 18.2 Å². The molecule has 0 radical (unpaired) electrons. The minimum Gasteiger partial charge on any atom is -0.378 e. The standard InChI is InChI=1S/C15H21F2NO/c1-3-13-10(8-9-19-13)15(18-4-2)11-6-5-7-12(16)14(11)17/h5-7,10,13,15,18H,3-4,8-9H2,1-2H3. The Kier molecular flexibility index (Phi) is 4.88. The fourth-order valence-corrected chi connectivity index (χ4v) is 2.94. The maximum Gasteiger partial charge on any atom is 0.163 e. The zero-order chi connectivity index (χ0) is 13.8. The average molecular weight is 269 g/mol. The van der Waals surface area contributed by atoms with E-state index in [-0.39, 0.29) is 18.1 Å². The molecule has 1 aromatic carbocycles. The summed E-state index contributed by atoms with van der Waals surface area (Å²) in [5, 5.41) is 3.29. The number of ether oxygens (including phenoxy) is 1. The lowest BCUT2D eigenvalue weighted by atomic mass is 9.86. The van der Waals surface area contributed by atoms with E-state index in [0.29, 0.717) is 18.7 Å². The SMILES string of the molecule is CCNC(c1cccc(F)c1F)C1CCOC1CC. The molecule has 0 amide bonds. The van der Waals surface area contributed by atoms with Gasteiger partial charge in [-0.25, -0.2) is 8.78 Å². The second-order valence-corrected chi connectivity index (χ2v) is 4.95. The van der Waals surface area contributed by atoms with E-state index in [2.05, 4.69) is 12.2 Å². The molecule has 0 spiro atoms. The molecule has 19 heavy (non-hydrogen) atoms. The van der Waals surface area contributed by atoms with Crippen LogP contribution in [0.5, 0.6) is 0 Å². The molecule has 2 nitrogen and oxygen atoms in total. The van der Waals surface area contributed by atoms with Crippen molar-refractivity contribution in [1.29, 1.82) is 0 Å². The van der Waals surface area contributed by atoms with Crippen LogP contribution in [0, 0.1) is 17.6 Å². The molecule has 1 heterocycles. The minimum atomic E-state index is -0.785. The van der Waals surface area contributed by atoms with Crippen molar-refractivity contribution in [2.24, 2.45) is 5.92 Å². The molecule has 1 N–H and O–H groups in total. The van der Waals surface area contributed by atoms with Gasteiger partial charge in [0.2, 0.25) is 0 Å². The molecule has 3 atom stereocenters. The first-order valence-corrected chi connectivity index (χ1v) is 6.97. The normalized spacial score (nSPS) is 24.6. The van der Waals surface area contributed by atoms with Gasteiger partial charge in [-0.1, -0.05) is 26.0 Å². The lowest BCUT2D eigenvalue weighted by Gasteiger charge is -2.28. The Morgan fingerprint density at radius 3 is 2.84 bits per heavy atom. The molecule has 3 unspecified atom stereocenters. The summed E-state index contributed by atoms with van der Waals surface area (Å²) in [5.41, 5.74) is 0.413. The molecule has 1 fully saturated rings. The highest BCUT2D eigenvalue weighted by Crippen LogP contribution is 2.36. The van der Waals surface area contributed by atoms with Gasteiger partial charge in [-0.3, -0.25) is 0 Å². The highest BCUT2D eigenvalue weighted by atomic mass is 19.2. The summed E-state index contributed by atoms with van der Waals surface area (Å²) in [5.74, 6) is -1.33. The molecule has 0 bridgehead atoms. The molecule has 0 aromatic heterocycles. The van der Waals surface area contributed by atoms with E-state index in [0.717, 1.165) is 18.9 Å². The van der Waals surface area contributed by atoms with Crippen LogP contribution in [0.25, 0.3) is 0 Å². The van der Waals surface area contributed by atoms with Crippen molar-refractivity contribution >= 4 is 0 Å². The van der Waals surface area contributed by atoms with E-state index in [1.54, 1.807) is 12.1 Å². The first-order valence-electron chi connectivity index (χ1n) is 6.97. The molecule has 2 rings (SSSR count). The Labute approximate surface area is 113 Å². The fourth-order valence-electron chi connectivity index (χ4n) is 2.94. The topological polar surface area (TPSA) is 21.3 Å². The Hall–Kier alpha value is -1.00. The van der Waals surface area contributed by atoms with E-state index in [1.165, 1.54) is 0 Å². The van der Waals surface area contributed by atoms with Gasteiger partial charge in [-0.15, -0.1) is 0 Å². The van der Waals surface area contributed by atoms with Crippen molar-refractivity contribution in [3.63, 3.8) is 0 Å². The van der Waals surface area contributed by atoms with Gasteiger partial charge in [0, 0.05) is 24.1 Å². The minimum absolute atomic E-state index is 0.117. The van der Waals surface area contributed by atoms with E-state index >= 15 is 0 Å². The lowest BCUT2D eigenvalue weighted by molar-refractivity contribution is 0.0771. The monoisotopic (exact) mass is 269 g/mol. The fraction of sp³-hybridized carbons (Fsp3) is 0.600. The van der Waals surface area contributed by atoms with Crippen LogP contribution in [0.3, 0.4) is 0 Å². The molecule has 1 aliphatic heterocycles. The molecular formula is C15H21F2NO. The summed E-state index contributed by atoms with van der Waals surface area (Å²) in [6, 6.07) is 4.20. The second kappa shape index (κ2) is 6.44. The van der Waals surface area contributed by atoms with Crippen LogP contribution in [-0.4, -0.2) is 19.3 Å². The Morgan fingerprint density at radius 1 is 1.37 bits per heavy atom. The zero-order valence-corrected chi connectivity index (χ0v) is 11.5. The third kappa shape index (κ3) is 2.95. The molecule has 1 saturated heterocycles. The summed E-state index contributed by atoms with van der Waals surface area (Å²) in [7, 11) is 0. The van der Waals surface area contributed by atoms with Crippen molar-refractivity contribution in [3.05, 3.63) is 35.4 Å². The maximum atomic E-state index is 14.0. The maximum absolute atomic E-state index is 14.0. The number of benzene rings is 1. The summed E-state index contributed by atoms with van der Waals surface area (Å²) in [6.07, 6.45) is 1.89. The first kappa shape index (κ1) is 14.4. The third-order valence-electron chi connectivity index (χ3n) is 3.83. The molecular weight excluding hydrogens is 248 g/mol. The second-order valence-electron chi connectivity index (χ2n) is 4.95. The van der Waals surface area contributed by atoms with Crippen LogP contribution in [0.4, 0.5) is 8.78 Å². The van der Waals surface area contributed by atoms with Gasteiger partial charge in [-0.05, 0) is 25.5 Å². The van der Waals surface area contributed by atoms with E-state index in [1.807, 2.05) is 6.92 Å². The van der Waals surface area contributed by atoms with Gasteiger partial charge in [0.1, 0.15) is 0 Å². The van der Waals surface area contributed by atoms with E-state index < -0.39 is 11.6 Å². The first-order chi connectivity index (χ1) is 9.19. The quantitative estimate of drug-likeness (QED) is 0.884. The van der Waals surface area contributed by atoms with E-state index in [4.69, 9.17) is 4.74 Å². The molecule has 1 aromatic rings. The van der Waals surface area contributed by atoms with E-state index in [9.17, 15) is 8.78 Å². The van der Waals surface area contributed by atoms with Gasteiger partial charge < -0.3 is 10.1 Å². The summed E-state index contributed by atoms with van der Waals surface area (Å²) in [4.78, 5) is 0. The van der Waals surface area contributed by atoms with Crippen molar-refractivity contribution in [3.8, 4) is 0 Å². The Balaban J connectivity index is 2.31. The van der Waals surface area contributed by atoms with Crippen LogP contribution < -0.4 is 5.32 Å². The number of halogens is 2. The smallest absolute Gasteiger partial charge is 0.163 e. The van der Waals surface area contributed by atoms with Gasteiger partial charge in [-0.2, -0.15) is 0 Å². The van der Waals surface area contributed by atoms with Gasteiger partial charge >= 0.3 is 0 Å². The molecule has 0 aliphatic carbocycles. The lowest BCUT2D eigenvalue weighted by Crippen LogP contribution is -2.33. The summed E-state index contributed by atoms with van der Waals surface area (Å²) >= 11 is 0. The summed E-state index contributed by atoms with van der Waals surface area (Å²) in [6.45, 7) is 5.45. The van der Waals surface area contributed by atoms with Crippen molar-refractivity contribution in [2.75, 3.05) is 13.2 Å². The predicted molar refractivity (Wildman–Crippen MR) is 70.9 cm³/mol. The number of hydrogen-bond acceptors (Lipinski definition) is 2. The van der Waals surface area contributed by atoms with Crippen LogP contribution in [-0.2, 0) is 4.74 Å². The molecule has 106 valence electrons. The van der Waals surface area contributed by atoms with Gasteiger partial charge in [0.15, 0.2) is 11.6 Å². The third-order valence-corrected chi connectivity index (χ3v) is 3.83. The molecule has 0 saturated carbocycles. The molecule has 1 aliphatic rings. The Morgan fingerprint density at radius 2 is 2.16 bits per heavy atom. The predicted octanol–water partition coefficient (Wildman–Crippen LogP) is 3.43. The van der Waals surface area contributed by atoms with Gasteiger partial charge in [0.25, 0.3) is 0 Å². The number of hydrogen-bond donors (Lipinski definition) is 1. The molecule has 4 heteroatoms. The van der Waals surface area contributed by atoms with Crippen molar-refractivity contribution in [2.45, 2.75) is 38.8 Å².